The van der Waals surface area contributed by atoms with E-state index in [2.05, 4.69) is 36.9 Å². The van der Waals surface area contributed by atoms with Gasteiger partial charge in [0.1, 0.15) is 0 Å². The molecule has 1 aliphatic heterocycles. The van der Waals surface area contributed by atoms with Gasteiger partial charge >= 0.3 is 119 Å². The molecule has 93 valence electrons. The third-order valence-corrected chi connectivity index (χ3v) is 10.5. The van der Waals surface area contributed by atoms with Crippen LogP contribution in [0, 0.1) is 0 Å². The quantitative estimate of drug-likeness (QED) is 0.721. The third kappa shape index (κ3) is 2.67. The zero-order chi connectivity index (χ0) is 12.4. The van der Waals surface area contributed by atoms with Gasteiger partial charge in [-0.15, -0.1) is 0 Å². The summed E-state index contributed by atoms with van der Waals surface area (Å²) in [5.74, 6) is 0. The first kappa shape index (κ1) is 13.7. The molecule has 0 bridgehead atoms. The topological polar surface area (TPSA) is 3.24 Å². The van der Waals surface area contributed by atoms with Crippen molar-refractivity contribution < 1.29 is 0 Å². The van der Waals surface area contributed by atoms with Gasteiger partial charge in [-0.25, -0.2) is 0 Å². The molecule has 1 aromatic carbocycles. The molecule has 17 heavy (non-hydrogen) atoms. The van der Waals surface area contributed by atoms with E-state index in [-0.39, 0.29) is 0 Å². The Bertz CT molecular complexity index is 441. The number of hydrogen-bond donors (Lipinski definition) is 0. The number of hydrogen-bond acceptors (Lipinski definition) is 1. The van der Waals surface area contributed by atoms with Crippen molar-refractivity contribution in [3.05, 3.63) is 33.4 Å². The molecule has 0 atom stereocenters. The Kier molecular flexibility index (Phi) is 4.80. The van der Waals surface area contributed by atoms with Crippen molar-refractivity contribution in [1.29, 1.82) is 0 Å². The normalized spacial score (nSPS) is 15.8. The molecule has 0 aromatic heterocycles. The first-order chi connectivity index (χ1) is 8.19. The van der Waals surface area contributed by atoms with E-state index in [4.69, 9.17) is 20.6 Å². The molecule has 1 aliphatic rings. The molecule has 0 spiro atoms. The Morgan fingerprint density at radius 3 is 2.41 bits per heavy atom. The van der Waals surface area contributed by atoms with Gasteiger partial charge in [0.2, 0.25) is 0 Å². The minimum absolute atomic E-state index is 0.916. The molecule has 0 N–H and O–H groups in total. The predicted molar refractivity (Wildman–Crippen MR) is 78.2 cm³/mol. The number of halogens is 2. The summed E-state index contributed by atoms with van der Waals surface area (Å²) in [6.45, 7) is 7.37. The Morgan fingerprint density at radius 1 is 1.18 bits per heavy atom. The fourth-order valence-corrected chi connectivity index (χ4v) is 8.84. The number of fused-ring (bicyclic) bond motifs is 1. The van der Waals surface area contributed by atoms with Crippen molar-refractivity contribution in [2.45, 2.75) is 13.8 Å². The van der Waals surface area contributed by atoms with Crippen molar-refractivity contribution in [2.75, 3.05) is 19.6 Å². The maximum atomic E-state index is 6.66. The van der Waals surface area contributed by atoms with Crippen LogP contribution in [-0.4, -0.2) is 43.0 Å². The van der Waals surface area contributed by atoms with Gasteiger partial charge in [0, 0.05) is 0 Å². The van der Waals surface area contributed by atoms with Gasteiger partial charge in [0.05, 0.1) is 0 Å². The molecule has 0 unspecified atom stereocenters. The monoisotopic (exact) mass is 386 g/mol. The number of benzene rings is 1. The van der Waals surface area contributed by atoms with Crippen molar-refractivity contribution in [3.63, 3.8) is 0 Å². The molecular weight excluding hydrogens is 369 g/mol. The van der Waals surface area contributed by atoms with Gasteiger partial charge in [-0.2, -0.15) is 0 Å². The summed E-state index contributed by atoms with van der Waals surface area (Å²) in [6, 6.07) is 8.31. The van der Waals surface area contributed by atoms with E-state index in [0.717, 1.165) is 24.7 Å². The summed E-state index contributed by atoms with van der Waals surface area (Å²) < 4.78 is 2.62. The second-order valence-corrected chi connectivity index (χ2v) is 10.5. The molecule has 1 heterocycles. The van der Waals surface area contributed by atoms with Gasteiger partial charge in [0.15, 0.2) is 0 Å². The van der Waals surface area contributed by atoms with Crippen molar-refractivity contribution in [2.24, 2.45) is 0 Å². The number of nitrogens with zero attached hydrogens (tertiary/aromatic N) is 1. The van der Waals surface area contributed by atoms with Gasteiger partial charge < -0.3 is 0 Å². The Balaban J connectivity index is 2.29. The standard InChI is InChI=1S/C13H16Cl2NTe/c1-3-16(4-2)9-12-13(14)10-7-5-6-8-11(10)17(12)15/h5-8H,3-4,9H2,1-2H3. The summed E-state index contributed by atoms with van der Waals surface area (Å²) in [5.41, 5.74) is 1.17. The molecule has 4 heteroatoms. The molecule has 1 radical (unpaired) electrons. The van der Waals surface area contributed by atoms with Crippen molar-refractivity contribution in [3.8, 4) is 0 Å². The second-order valence-electron chi connectivity index (χ2n) is 3.95. The van der Waals surface area contributed by atoms with Crippen LogP contribution < -0.4 is 3.61 Å². The van der Waals surface area contributed by atoms with Crippen molar-refractivity contribution >= 4 is 47.6 Å². The second kappa shape index (κ2) is 5.95. The van der Waals surface area contributed by atoms with Crippen LogP contribution in [0.3, 0.4) is 0 Å². The molecule has 0 aliphatic carbocycles. The van der Waals surface area contributed by atoms with E-state index in [1.165, 1.54) is 12.8 Å². The Morgan fingerprint density at radius 2 is 1.82 bits per heavy atom. The SMILES string of the molecule is CCN(CC)CC1=C(Cl)c2ccccc2[Te]1Cl. The average Bonchev–Trinajstić information content (AvgIpc) is 2.61. The molecule has 0 amide bonds. The maximum absolute atomic E-state index is 6.66. The van der Waals surface area contributed by atoms with Crippen LogP contribution in [0.5, 0.6) is 0 Å². The summed E-state index contributed by atoms with van der Waals surface area (Å²) in [4.78, 5) is 2.37. The van der Waals surface area contributed by atoms with Gasteiger partial charge in [-0.1, -0.05) is 0 Å². The average molecular weight is 385 g/mol. The third-order valence-electron chi connectivity index (χ3n) is 3.04. The van der Waals surface area contributed by atoms with E-state index >= 15 is 0 Å². The van der Waals surface area contributed by atoms with E-state index < -0.39 is 18.4 Å². The van der Waals surface area contributed by atoms with Crippen LogP contribution in [0.25, 0.3) is 5.03 Å². The first-order valence-corrected chi connectivity index (χ1v) is 11.5. The summed E-state index contributed by atoms with van der Waals surface area (Å²) >= 11 is 4.62. The van der Waals surface area contributed by atoms with E-state index in [1.54, 1.807) is 0 Å². The molecule has 0 saturated heterocycles. The van der Waals surface area contributed by atoms with Crippen molar-refractivity contribution in [1.82, 2.24) is 4.90 Å². The van der Waals surface area contributed by atoms with E-state index in [1.807, 2.05) is 6.07 Å². The molecule has 1 nitrogen and oxygen atoms in total. The number of likely N-dealkylation sites (N-methyl/N-ethyl adjacent to an activating group) is 1. The summed E-state index contributed by atoms with van der Waals surface area (Å²) in [5, 5.41) is 0.916. The summed E-state index contributed by atoms with van der Waals surface area (Å²) in [7, 11) is 6.66. The Labute approximate surface area is 119 Å². The van der Waals surface area contributed by atoms with Crippen LogP contribution in [-0.2, 0) is 0 Å². The predicted octanol–water partition coefficient (Wildman–Crippen LogP) is 2.97. The zero-order valence-electron chi connectivity index (χ0n) is 10.0. The van der Waals surface area contributed by atoms with Gasteiger partial charge in [-0.05, 0) is 0 Å². The molecule has 0 saturated carbocycles. The fraction of sp³-hybridized carbons (Fsp3) is 0.385. The minimum atomic E-state index is -1.85. The van der Waals surface area contributed by atoms with Crippen LogP contribution in [0.15, 0.2) is 27.9 Å². The fourth-order valence-electron chi connectivity index (χ4n) is 1.94. The molecule has 2 rings (SSSR count). The molecule has 1 aromatic rings. The molecular formula is C13H16Cl2NTe. The number of rotatable bonds is 4. The van der Waals surface area contributed by atoms with Gasteiger partial charge in [-0.3, -0.25) is 0 Å². The van der Waals surface area contributed by atoms with Gasteiger partial charge in [0.25, 0.3) is 0 Å². The van der Waals surface area contributed by atoms with E-state index in [0.29, 0.717) is 0 Å². The van der Waals surface area contributed by atoms with Crippen LogP contribution in [0.2, 0.25) is 0 Å². The van der Waals surface area contributed by atoms with E-state index in [9.17, 15) is 0 Å². The van der Waals surface area contributed by atoms with Crippen LogP contribution in [0.4, 0.5) is 0 Å². The molecule has 0 fully saturated rings. The van der Waals surface area contributed by atoms with Crippen LogP contribution >= 0.6 is 20.6 Å². The first-order valence-electron chi connectivity index (χ1n) is 5.80. The van der Waals surface area contributed by atoms with Crippen LogP contribution in [0.1, 0.15) is 19.4 Å². The Hall–Kier alpha value is 0.290. The summed E-state index contributed by atoms with van der Waals surface area (Å²) in [6.07, 6.45) is 0. The zero-order valence-corrected chi connectivity index (χ0v) is 13.9.